The number of nitrogens with one attached hydrogen (secondary N) is 1. The molecule has 0 saturated heterocycles. The van der Waals surface area contributed by atoms with Crippen molar-refractivity contribution in [3.05, 3.63) is 29.3 Å². The van der Waals surface area contributed by atoms with Gasteiger partial charge in [-0.1, -0.05) is 6.42 Å². The predicted molar refractivity (Wildman–Crippen MR) is 85.0 cm³/mol. The molecule has 1 fully saturated rings. The summed E-state index contributed by atoms with van der Waals surface area (Å²) in [6.07, 6.45) is 3.37. The van der Waals surface area contributed by atoms with Gasteiger partial charge in [-0.25, -0.2) is 0 Å². The van der Waals surface area contributed by atoms with Crippen LogP contribution in [0.2, 0.25) is 0 Å². The van der Waals surface area contributed by atoms with E-state index >= 15 is 0 Å². The fourth-order valence-corrected chi connectivity index (χ4v) is 3.08. The minimum Gasteiger partial charge on any atom is -0.496 e. The summed E-state index contributed by atoms with van der Waals surface area (Å²) in [6, 6.07) is 5.34. The molecule has 0 aromatic heterocycles. The molecule has 0 bridgehead atoms. The molecule has 1 amide bonds. The lowest BCUT2D eigenvalue weighted by atomic mass is 10.0. The molecule has 1 saturated carbocycles. The van der Waals surface area contributed by atoms with Crippen LogP contribution in [0.5, 0.6) is 5.75 Å². The smallest absolute Gasteiger partial charge is 0.224 e. The average molecular weight is 304 g/mol. The summed E-state index contributed by atoms with van der Waals surface area (Å²) >= 11 is 0. The van der Waals surface area contributed by atoms with Crippen LogP contribution in [0.15, 0.2) is 18.2 Å². The van der Waals surface area contributed by atoms with E-state index in [2.05, 4.69) is 5.32 Å². The predicted octanol–water partition coefficient (Wildman–Crippen LogP) is 1.68. The molecule has 2 unspecified atom stereocenters. The Bertz CT molecular complexity index is 557. The van der Waals surface area contributed by atoms with Crippen molar-refractivity contribution < 1.29 is 14.3 Å². The van der Waals surface area contributed by atoms with Gasteiger partial charge in [0, 0.05) is 17.2 Å². The maximum atomic E-state index is 12.3. The van der Waals surface area contributed by atoms with Crippen LogP contribution in [-0.2, 0) is 11.2 Å². The summed E-state index contributed by atoms with van der Waals surface area (Å²) < 4.78 is 5.28. The first kappa shape index (κ1) is 16.5. The van der Waals surface area contributed by atoms with Crippen molar-refractivity contribution in [2.45, 2.75) is 38.6 Å². The second-order valence-corrected chi connectivity index (χ2v) is 5.86. The Morgan fingerprint density at radius 3 is 2.77 bits per heavy atom. The van der Waals surface area contributed by atoms with Gasteiger partial charge in [-0.05, 0) is 50.4 Å². The Morgan fingerprint density at radius 2 is 2.14 bits per heavy atom. The van der Waals surface area contributed by atoms with Gasteiger partial charge in [-0.3, -0.25) is 9.59 Å². The molecule has 0 spiro atoms. The quantitative estimate of drug-likeness (QED) is 0.784. The molecule has 1 aliphatic rings. The van der Waals surface area contributed by atoms with Gasteiger partial charge in [0.05, 0.1) is 13.5 Å². The zero-order chi connectivity index (χ0) is 16.1. The van der Waals surface area contributed by atoms with Crippen LogP contribution in [0.1, 0.15) is 42.1 Å². The zero-order valence-corrected chi connectivity index (χ0v) is 13.2. The van der Waals surface area contributed by atoms with E-state index in [9.17, 15) is 9.59 Å². The van der Waals surface area contributed by atoms with E-state index in [0.717, 1.165) is 24.8 Å². The Balaban J connectivity index is 2.07. The molecule has 5 nitrogen and oxygen atoms in total. The molecular formula is C17H24N2O3. The van der Waals surface area contributed by atoms with E-state index in [1.54, 1.807) is 25.3 Å². The lowest BCUT2D eigenvalue weighted by Gasteiger charge is -2.20. The lowest BCUT2D eigenvalue weighted by molar-refractivity contribution is -0.121. The normalized spacial score (nSPS) is 20.7. The highest BCUT2D eigenvalue weighted by Crippen LogP contribution is 2.25. The Hall–Kier alpha value is -1.88. The first-order chi connectivity index (χ1) is 10.5. The summed E-state index contributed by atoms with van der Waals surface area (Å²) in [4.78, 5) is 23.8. The van der Waals surface area contributed by atoms with Crippen molar-refractivity contribution in [2.24, 2.45) is 11.7 Å². The van der Waals surface area contributed by atoms with E-state index in [1.165, 1.54) is 6.92 Å². The number of methoxy groups -OCH3 is 1. The average Bonchev–Trinajstić information content (AvgIpc) is 2.94. The summed E-state index contributed by atoms with van der Waals surface area (Å²) in [5.41, 5.74) is 7.06. The standard InChI is InChI=1S/C17H24N2O3/c1-11(20)12-6-7-16(22-2)14(8-12)9-17(21)19-15-5-3-4-13(15)10-18/h6-8,13,15H,3-5,9-10,18H2,1-2H3,(H,19,21). The Kier molecular flexibility index (Phi) is 5.55. The van der Waals surface area contributed by atoms with Gasteiger partial charge in [-0.2, -0.15) is 0 Å². The number of hydrogen-bond donors (Lipinski definition) is 2. The van der Waals surface area contributed by atoms with Gasteiger partial charge in [0.1, 0.15) is 5.75 Å². The third-order valence-electron chi connectivity index (χ3n) is 4.35. The molecule has 0 heterocycles. The van der Waals surface area contributed by atoms with Crippen molar-refractivity contribution >= 4 is 11.7 Å². The molecule has 2 atom stereocenters. The maximum Gasteiger partial charge on any atom is 0.224 e. The van der Waals surface area contributed by atoms with Gasteiger partial charge >= 0.3 is 0 Å². The van der Waals surface area contributed by atoms with Crippen molar-refractivity contribution in [1.29, 1.82) is 0 Å². The molecule has 120 valence electrons. The van der Waals surface area contributed by atoms with Crippen LogP contribution in [0.3, 0.4) is 0 Å². The monoisotopic (exact) mass is 304 g/mol. The van der Waals surface area contributed by atoms with Crippen molar-refractivity contribution in [3.63, 3.8) is 0 Å². The number of nitrogens with two attached hydrogens (primary N) is 1. The highest BCUT2D eigenvalue weighted by molar-refractivity contribution is 5.94. The lowest BCUT2D eigenvalue weighted by Crippen LogP contribution is -2.40. The summed E-state index contributed by atoms with van der Waals surface area (Å²) in [6.45, 7) is 2.12. The number of benzene rings is 1. The van der Waals surface area contributed by atoms with Crippen molar-refractivity contribution in [2.75, 3.05) is 13.7 Å². The first-order valence-electron chi connectivity index (χ1n) is 7.72. The van der Waals surface area contributed by atoms with E-state index in [0.29, 0.717) is 23.8 Å². The number of ketones is 1. The number of Topliss-reactive ketones (excluding diaryl/α,β-unsaturated/α-hetero) is 1. The molecular weight excluding hydrogens is 280 g/mol. The number of carbonyl (C=O) groups is 2. The minimum absolute atomic E-state index is 0.0247. The third kappa shape index (κ3) is 3.85. The van der Waals surface area contributed by atoms with Crippen LogP contribution in [0, 0.1) is 5.92 Å². The zero-order valence-electron chi connectivity index (χ0n) is 13.2. The molecule has 1 aliphatic carbocycles. The van der Waals surface area contributed by atoms with Crippen LogP contribution in [-0.4, -0.2) is 31.4 Å². The number of carbonyl (C=O) groups excluding carboxylic acids is 2. The third-order valence-corrected chi connectivity index (χ3v) is 4.35. The fraction of sp³-hybridized carbons (Fsp3) is 0.529. The van der Waals surface area contributed by atoms with Gasteiger partial charge in [-0.15, -0.1) is 0 Å². The SMILES string of the molecule is COc1ccc(C(C)=O)cc1CC(=O)NC1CCCC1CN. The van der Waals surface area contributed by atoms with Gasteiger partial charge in [0.2, 0.25) is 5.91 Å². The van der Waals surface area contributed by atoms with E-state index < -0.39 is 0 Å². The van der Waals surface area contributed by atoms with E-state index in [1.807, 2.05) is 0 Å². The van der Waals surface area contributed by atoms with E-state index in [-0.39, 0.29) is 24.2 Å². The second-order valence-electron chi connectivity index (χ2n) is 5.86. The molecule has 22 heavy (non-hydrogen) atoms. The number of hydrogen-bond acceptors (Lipinski definition) is 4. The van der Waals surface area contributed by atoms with Crippen LogP contribution < -0.4 is 15.8 Å². The largest absolute Gasteiger partial charge is 0.496 e. The molecule has 0 radical (unpaired) electrons. The molecule has 3 N–H and O–H groups in total. The number of rotatable bonds is 6. The maximum absolute atomic E-state index is 12.3. The van der Waals surface area contributed by atoms with Crippen LogP contribution in [0.4, 0.5) is 0 Å². The Morgan fingerprint density at radius 1 is 1.36 bits per heavy atom. The molecule has 1 aromatic rings. The van der Waals surface area contributed by atoms with Crippen LogP contribution in [0.25, 0.3) is 0 Å². The summed E-state index contributed by atoms with van der Waals surface area (Å²) in [5, 5.41) is 3.07. The second kappa shape index (κ2) is 7.40. The van der Waals surface area contributed by atoms with E-state index in [4.69, 9.17) is 10.5 Å². The van der Waals surface area contributed by atoms with Gasteiger partial charge in [0.15, 0.2) is 5.78 Å². The van der Waals surface area contributed by atoms with Crippen LogP contribution >= 0.6 is 0 Å². The molecule has 1 aromatic carbocycles. The van der Waals surface area contributed by atoms with Gasteiger partial charge in [0.25, 0.3) is 0 Å². The Labute approximate surface area is 131 Å². The summed E-state index contributed by atoms with van der Waals surface area (Å²) in [5.74, 6) is 0.920. The minimum atomic E-state index is -0.0515. The fourth-order valence-electron chi connectivity index (χ4n) is 3.08. The molecule has 0 aliphatic heterocycles. The molecule has 2 rings (SSSR count). The summed E-state index contributed by atoms with van der Waals surface area (Å²) in [7, 11) is 1.56. The highest BCUT2D eigenvalue weighted by atomic mass is 16.5. The van der Waals surface area contributed by atoms with Gasteiger partial charge < -0.3 is 15.8 Å². The number of amides is 1. The molecule has 5 heteroatoms. The van der Waals surface area contributed by atoms with Crippen molar-refractivity contribution in [1.82, 2.24) is 5.32 Å². The highest BCUT2D eigenvalue weighted by Gasteiger charge is 2.27. The van der Waals surface area contributed by atoms with Crippen molar-refractivity contribution in [3.8, 4) is 5.75 Å². The first-order valence-corrected chi connectivity index (χ1v) is 7.72. The number of ether oxygens (including phenoxy) is 1. The topological polar surface area (TPSA) is 81.4 Å².